The number of nitrogens with one attached hydrogen (secondary N) is 1. The lowest BCUT2D eigenvalue weighted by Gasteiger charge is -2.29. The first-order valence-electron chi connectivity index (χ1n) is 7.49. The van der Waals surface area contributed by atoms with Gasteiger partial charge in [-0.3, -0.25) is 0 Å². The minimum absolute atomic E-state index is 0.764. The highest BCUT2D eigenvalue weighted by Crippen LogP contribution is 2.30. The predicted molar refractivity (Wildman–Crippen MR) is 70.5 cm³/mol. The van der Waals surface area contributed by atoms with Crippen molar-refractivity contribution < 1.29 is 0 Å². The van der Waals surface area contributed by atoms with Gasteiger partial charge in [-0.1, -0.05) is 32.6 Å². The third kappa shape index (κ3) is 3.48. The molecule has 2 fully saturated rings. The SMILES string of the molecule is CC1CCCC(CNC(C)C2CCCC2)C1. The van der Waals surface area contributed by atoms with Crippen LogP contribution in [0.25, 0.3) is 0 Å². The zero-order chi connectivity index (χ0) is 11.4. The maximum atomic E-state index is 3.81. The normalized spacial score (nSPS) is 34.1. The largest absolute Gasteiger partial charge is 0.314 e. The highest BCUT2D eigenvalue weighted by atomic mass is 14.9. The van der Waals surface area contributed by atoms with Gasteiger partial charge in [0.1, 0.15) is 0 Å². The van der Waals surface area contributed by atoms with Gasteiger partial charge in [-0.25, -0.2) is 0 Å². The van der Waals surface area contributed by atoms with E-state index in [0.29, 0.717) is 0 Å². The van der Waals surface area contributed by atoms with E-state index in [1.807, 2.05) is 0 Å². The van der Waals surface area contributed by atoms with Crippen molar-refractivity contribution in [3.63, 3.8) is 0 Å². The Morgan fingerprint density at radius 3 is 2.50 bits per heavy atom. The molecule has 3 unspecified atom stereocenters. The van der Waals surface area contributed by atoms with Crippen molar-refractivity contribution >= 4 is 0 Å². The summed E-state index contributed by atoms with van der Waals surface area (Å²) >= 11 is 0. The van der Waals surface area contributed by atoms with E-state index < -0.39 is 0 Å². The van der Waals surface area contributed by atoms with Crippen LogP contribution in [-0.4, -0.2) is 12.6 Å². The van der Waals surface area contributed by atoms with Crippen LogP contribution in [-0.2, 0) is 0 Å². The van der Waals surface area contributed by atoms with Gasteiger partial charge in [-0.2, -0.15) is 0 Å². The summed E-state index contributed by atoms with van der Waals surface area (Å²) < 4.78 is 0. The fraction of sp³-hybridized carbons (Fsp3) is 1.00. The molecule has 0 aliphatic heterocycles. The summed E-state index contributed by atoms with van der Waals surface area (Å²) in [4.78, 5) is 0. The molecule has 0 radical (unpaired) electrons. The maximum absolute atomic E-state index is 3.81. The number of hydrogen-bond acceptors (Lipinski definition) is 1. The molecule has 0 spiro atoms. The molecule has 0 saturated heterocycles. The van der Waals surface area contributed by atoms with Crippen LogP contribution in [0.2, 0.25) is 0 Å². The van der Waals surface area contributed by atoms with Crippen molar-refractivity contribution in [3.05, 3.63) is 0 Å². The third-order valence-electron chi connectivity index (χ3n) is 4.88. The quantitative estimate of drug-likeness (QED) is 0.760. The first kappa shape index (κ1) is 12.4. The van der Waals surface area contributed by atoms with E-state index in [1.54, 1.807) is 0 Å². The van der Waals surface area contributed by atoms with Gasteiger partial charge in [-0.15, -0.1) is 0 Å². The molecule has 0 aromatic heterocycles. The Kier molecular flexibility index (Phi) is 4.69. The van der Waals surface area contributed by atoms with Crippen LogP contribution >= 0.6 is 0 Å². The standard InChI is InChI=1S/C15H29N/c1-12-6-5-7-14(10-12)11-16-13(2)15-8-3-4-9-15/h12-16H,3-11H2,1-2H3. The summed E-state index contributed by atoms with van der Waals surface area (Å²) in [5.74, 6) is 2.91. The molecular weight excluding hydrogens is 194 g/mol. The molecule has 0 amide bonds. The molecule has 0 heterocycles. The first-order valence-corrected chi connectivity index (χ1v) is 7.49. The fourth-order valence-corrected chi connectivity index (χ4v) is 3.72. The van der Waals surface area contributed by atoms with E-state index in [4.69, 9.17) is 0 Å². The van der Waals surface area contributed by atoms with E-state index >= 15 is 0 Å². The van der Waals surface area contributed by atoms with Crippen LogP contribution < -0.4 is 5.32 Å². The van der Waals surface area contributed by atoms with Crippen LogP contribution in [0.3, 0.4) is 0 Å². The molecule has 0 aromatic carbocycles. The molecule has 0 aromatic rings. The highest BCUT2D eigenvalue weighted by molar-refractivity contribution is 4.79. The molecule has 2 aliphatic rings. The fourth-order valence-electron chi connectivity index (χ4n) is 3.72. The summed E-state index contributed by atoms with van der Waals surface area (Å²) in [6.07, 6.45) is 11.7. The van der Waals surface area contributed by atoms with Gasteiger partial charge in [0.2, 0.25) is 0 Å². The smallest absolute Gasteiger partial charge is 0.00671 e. The van der Waals surface area contributed by atoms with E-state index in [0.717, 1.165) is 23.8 Å². The van der Waals surface area contributed by atoms with Gasteiger partial charge in [0.25, 0.3) is 0 Å². The Hall–Kier alpha value is -0.0400. The lowest BCUT2D eigenvalue weighted by atomic mass is 9.82. The molecule has 1 nitrogen and oxygen atoms in total. The van der Waals surface area contributed by atoms with Crippen LogP contribution in [0.1, 0.15) is 65.2 Å². The second kappa shape index (κ2) is 6.05. The van der Waals surface area contributed by atoms with Crippen molar-refractivity contribution in [3.8, 4) is 0 Å². The molecule has 16 heavy (non-hydrogen) atoms. The van der Waals surface area contributed by atoms with Gasteiger partial charge in [-0.05, 0) is 56.9 Å². The molecular formula is C15H29N. The molecule has 3 atom stereocenters. The minimum Gasteiger partial charge on any atom is -0.314 e. The Bertz CT molecular complexity index is 194. The minimum atomic E-state index is 0.764. The van der Waals surface area contributed by atoms with Crippen LogP contribution in [0.5, 0.6) is 0 Å². The monoisotopic (exact) mass is 223 g/mol. The molecule has 2 aliphatic carbocycles. The van der Waals surface area contributed by atoms with Crippen LogP contribution in [0.15, 0.2) is 0 Å². The van der Waals surface area contributed by atoms with Gasteiger partial charge < -0.3 is 5.32 Å². The Morgan fingerprint density at radius 1 is 1.06 bits per heavy atom. The molecule has 0 bridgehead atoms. The zero-order valence-electron chi connectivity index (χ0n) is 11.2. The summed E-state index contributed by atoms with van der Waals surface area (Å²) in [5, 5.41) is 3.81. The molecule has 1 heteroatoms. The Morgan fingerprint density at radius 2 is 1.81 bits per heavy atom. The van der Waals surface area contributed by atoms with Crippen molar-refractivity contribution in [1.82, 2.24) is 5.32 Å². The van der Waals surface area contributed by atoms with Crippen molar-refractivity contribution in [2.75, 3.05) is 6.54 Å². The lowest BCUT2D eigenvalue weighted by Crippen LogP contribution is -2.37. The molecule has 94 valence electrons. The number of hydrogen-bond donors (Lipinski definition) is 1. The first-order chi connectivity index (χ1) is 7.75. The highest BCUT2D eigenvalue weighted by Gasteiger charge is 2.23. The van der Waals surface area contributed by atoms with E-state index in [-0.39, 0.29) is 0 Å². The Labute approximate surface area is 101 Å². The zero-order valence-corrected chi connectivity index (χ0v) is 11.2. The van der Waals surface area contributed by atoms with E-state index in [2.05, 4.69) is 19.2 Å². The second-order valence-corrected chi connectivity index (χ2v) is 6.38. The molecule has 2 saturated carbocycles. The summed E-state index contributed by atoms with van der Waals surface area (Å²) in [5.41, 5.74) is 0. The maximum Gasteiger partial charge on any atom is 0.00671 e. The van der Waals surface area contributed by atoms with E-state index in [9.17, 15) is 0 Å². The van der Waals surface area contributed by atoms with Crippen molar-refractivity contribution in [2.24, 2.45) is 17.8 Å². The average Bonchev–Trinajstić information content (AvgIpc) is 2.79. The summed E-state index contributed by atoms with van der Waals surface area (Å²) in [7, 11) is 0. The van der Waals surface area contributed by atoms with Gasteiger partial charge in [0.15, 0.2) is 0 Å². The lowest BCUT2D eigenvalue weighted by molar-refractivity contribution is 0.256. The van der Waals surface area contributed by atoms with Crippen molar-refractivity contribution in [2.45, 2.75) is 71.3 Å². The van der Waals surface area contributed by atoms with Crippen LogP contribution in [0.4, 0.5) is 0 Å². The topological polar surface area (TPSA) is 12.0 Å². The number of rotatable bonds is 4. The molecule has 2 rings (SSSR count). The van der Waals surface area contributed by atoms with Crippen molar-refractivity contribution in [1.29, 1.82) is 0 Å². The van der Waals surface area contributed by atoms with Gasteiger partial charge in [0.05, 0.1) is 0 Å². The third-order valence-corrected chi connectivity index (χ3v) is 4.88. The molecule has 1 N–H and O–H groups in total. The second-order valence-electron chi connectivity index (χ2n) is 6.38. The van der Waals surface area contributed by atoms with E-state index in [1.165, 1.54) is 57.9 Å². The Balaban J connectivity index is 1.65. The van der Waals surface area contributed by atoms with Gasteiger partial charge in [0, 0.05) is 6.04 Å². The summed E-state index contributed by atoms with van der Waals surface area (Å²) in [6, 6.07) is 0.764. The van der Waals surface area contributed by atoms with Gasteiger partial charge >= 0.3 is 0 Å². The summed E-state index contributed by atoms with van der Waals surface area (Å²) in [6.45, 7) is 6.11. The average molecular weight is 223 g/mol. The van der Waals surface area contributed by atoms with Crippen LogP contribution in [0, 0.1) is 17.8 Å². The predicted octanol–water partition coefficient (Wildman–Crippen LogP) is 3.98.